The summed E-state index contributed by atoms with van der Waals surface area (Å²) in [5, 5.41) is 4.83. The second-order valence-corrected chi connectivity index (χ2v) is 2.07. The summed E-state index contributed by atoms with van der Waals surface area (Å²) < 4.78 is 0. The summed E-state index contributed by atoms with van der Waals surface area (Å²) in [5.41, 5.74) is 1.32. The van der Waals surface area contributed by atoms with Crippen molar-refractivity contribution in [3.63, 3.8) is 0 Å². The molecule has 2 amide bonds. The van der Waals surface area contributed by atoms with Crippen molar-refractivity contribution in [2.24, 2.45) is 0 Å². The van der Waals surface area contributed by atoms with Crippen LogP contribution in [0.1, 0.15) is 0 Å². The molecule has 0 atom stereocenters. The molecule has 0 aromatic heterocycles. The number of carbonyl (C=O) groups is 1. The molecule has 1 radical (unpaired) electrons. The van der Waals surface area contributed by atoms with Crippen LogP contribution in [0.5, 0.6) is 0 Å². The minimum absolute atomic E-state index is 0.592. The molecule has 0 spiro atoms. The topological polar surface area (TPSA) is 58.2 Å². The second kappa shape index (κ2) is 4.12. The van der Waals surface area contributed by atoms with Gasteiger partial charge < -0.3 is 10.6 Å². The molecular weight excluding hydrogens is 156 g/mol. The highest BCUT2D eigenvalue weighted by molar-refractivity contribution is 5.75. The van der Waals surface area contributed by atoms with Crippen molar-refractivity contribution >= 4 is 24.2 Å². The summed E-state index contributed by atoms with van der Waals surface area (Å²) in [6.07, 6.45) is 2.14. The average Bonchev–Trinajstić information content (AvgIpc) is 2.09. The first-order valence-electron chi connectivity index (χ1n) is 3.30. The van der Waals surface area contributed by atoms with Crippen molar-refractivity contribution < 1.29 is 9.59 Å². The minimum Gasteiger partial charge on any atom is -0.329 e. The van der Waals surface area contributed by atoms with Crippen molar-refractivity contribution in [2.75, 3.05) is 10.6 Å². The van der Waals surface area contributed by atoms with Crippen LogP contribution in [0.2, 0.25) is 0 Å². The summed E-state index contributed by atoms with van der Waals surface area (Å²) in [6, 6.07) is 6.68. The molecule has 2 N–H and O–H groups in total. The maximum atomic E-state index is 10.00. The van der Waals surface area contributed by atoms with Gasteiger partial charge in [0.2, 0.25) is 6.41 Å². The molecule has 0 unspecified atom stereocenters. The second-order valence-electron chi connectivity index (χ2n) is 2.07. The molecule has 1 aromatic carbocycles. The number of rotatable bonds is 4. The van der Waals surface area contributed by atoms with Crippen LogP contribution < -0.4 is 10.6 Å². The molecule has 12 heavy (non-hydrogen) atoms. The van der Waals surface area contributed by atoms with E-state index in [4.69, 9.17) is 0 Å². The standard InChI is InChI=1S/C8H7N2O2/c11-5-9-7-1-2-8(4-3-7)10-6-12/h1-5H,(H,9,11)(H,10,12). The summed E-state index contributed by atoms with van der Waals surface area (Å²) in [4.78, 5) is 19.9. The number of amides is 2. The fourth-order valence-corrected chi connectivity index (χ4v) is 0.777. The number of nitrogens with one attached hydrogen (secondary N) is 2. The predicted octanol–water partition coefficient (Wildman–Crippen LogP) is 0.734. The predicted molar refractivity (Wildman–Crippen MR) is 45.4 cm³/mol. The van der Waals surface area contributed by atoms with E-state index in [1.54, 1.807) is 30.7 Å². The van der Waals surface area contributed by atoms with Crippen LogP contribution in [-0.4, -0.2) is 12.8 Å². The van der Waals surface area contributed by atoms with Crippen molar-refractivity contribution in [1.29, 1.82) is 0 Å². The summed E-state index contributed by atoms with van der Waals surface area (Å²) >= 11 is 0. The molecule has 0 aliphatic rings. The lowest BCUT2D eigenvalue weighted by Crippen LogP contribution is -1.95. The van der Waals surface area contributed by atoms with Gasteiger partial charge in [0.25, 0.3) is 0 Å². The van der Waals surface area contributed by atoms with Crippen LogP contribution >= 0.6 is 0 Å². The Bertz CT molecular complexity index is 240. The van der Waals surface area contributed by atoms with Crippen LogP contribution in [-0.2, 0) is 9.59 Å². The Labute approximate surface area is 69.6 Å². The van der Waals surface area contributed by atoms with Crippen LogP contribution in [0.15, 0.2) is 24.3 Å². The van der Waals surface area contributed by atoms with Gasteiger partial charge in [-0.25, -0.2) is 0 Å². The minimum atomic E-state index is 0.592. The number of carbonyl (C=O) groups excluding carboxylic acids is 2. The number of benzene rings is 1. The van der Waals surface area contributed by atoms with Gasteiger partial charge in [0.15, 0.2) is 0 Å². The first-order chi connectivity index (χ1) is 5.86. The van der Waals surface area contributed by atoms with Gasteiger partial charge in [-0.2, -0.15) is 0 Å². The lowest BCUT2D eigenvalue weighted by molar-refractivity contribution is -0.105. The molecule has 0 saturated heterocycles. The largest absolute Gasteiger partial charge is 0.329 e. The van der Waals surface area contributed by atoms with E-state index in [2.05, 4.69) is 10.6 Å². The van der Waals surface area contributed by atoms with Crippen LogP contribution in [0.3, 0.4) is 0 Å². The van der Waals surface area contributed by atoms with E-state index >= 15 is 0 Å². The number of hydrogen-bond acceptors (Lipinski definition) is 2. The van der Waals surface area contributed by atoms with Gasteiger partial charge in [-0.1, -0.05) is 0 Å². The first kappa shape index (κ1) is 8.26. The maximum absolute atomic E-state index is 10.00. The quantitative estimate of drug-likeness (QED) is 0.508. The molecule has 61 valence electrons. The summed E-state index contributed by atoms with van der Waals surface area (Å²) in [7, 11) is 0. The van der Waals surface area contributed by atoms with Gasteiger partial charge in [0, 0.05) is 11.4 Å². The molecule has 4 heteroatoms. The average molecular weight is 163 g/mol. The molecule has 0 heterocycles. The lowest BCUT2D eigenvalue weighted by atomic mass is 10.3. The zero-order valence-electron chi connectivity index (χ0n) is 6.20. The Hall–Kier alpha value is -1.84. The van der Waals surface area contributed by atoms with Crippen LogP contribution in [0, 0.1) is 0 Å². The molecule has 4 nitrogen and oxygen atoms in total. The lowest BCUT2D eigenvalue weighted by Gasteiger charge is -1.99. The molecule has 1 aromatic rings. The third-order valence-corrected chi connectivity index (χ3v) is 1.31. The molecule has 1 rings (SSSR count). The van der Waals surface area contributed by atoms with E-state index in [1.165, 1.54) is 0 Å². The smallest absolute Gasteiger partial charge is 0.314 e. The van der Waals surface area contributed by atoms with Gasteiger partial charge in [-0.05, 0) is 24.3 Å². The van der Waals surface area contributed by atoms with E-state index in [0.29, 0.717) is 17.8 Å². The van der Waals surface area contributed by atoms with Crippen LogP contribution in [0.25, 0.3) is 0 Å². The van der Waals surface area contributed by atoms with Crippen molar-refractivity contribution in [3.05, 3.63) is 24.3 Å². The Morgan fingerprint density at radius 1 is 1.17 bits per heavy atom. The normalized spacial score (nSPS) is 8.67. The highest BCUT2D eigenvalue weighted by Gasteiger charge is 1.90. The van der Waals surface area contributed by atoms with Crippen molar-refractivity contribution in [2.45, 2.75) is 0 Å². The SMILES string of the molecule is O=[C]Nc1ccc(NC=O)cc1. The highest BCUT2D eigenvalue weighted by Crippen LogP contribution is 2.11. The van der Waals surface area contributed by atoms with E-state index < -0.39 is 0 Å². The number of anilines is 2. The van der Waals surface area contributed by atoms with E-state index in [0.717, 1.165) is 0 Å². The number of hydrogen-bond donors (Lipinski definition) is 2. The zero-order chi connectivity index (χ0) is 8.81. The summed E-state index contributed by atoms with van der Waals surface area (Å²) in [6.45, 7) is 0. The molecule has 0 saturated carbocycles. The zero-order valence-corrected chi connectivity index (χ0v) is 6.20. The molecule has 0 aliphatic heterocycles. The highest BCUT2D eigenvalue weighted by atomic mass is 16.1. The van der Waals surface area contributed by atoms with Crippen molar-refractivity contribution in [3.8, 4) is 0 Å². The van der Waals surface area contributed by atoms with E-state index in [-0.39, 0.29) is 0 Å². The Kier molecular flexibility index (Phi) is 2.84. The van der Waals surface area contributed by atoms with Gasteiger partial charge in [-0.3, -0.25) is 9.59 Å². The Morgan fingerprint density at radius 2 is 1.75 bits per heavy atom. The monoisotopic (exact) mass is 163 g/mol. The van der Waals surface area contributed by atoms with Gasteiger partial charge in [0.1, 0.15) is 0 Å². The molecule has 0 bridgehead atoms. The fraction of sp³-hybridized carbons (Fsp3) is 0. The Morgan fingerprint density at radius 3 is 2.25 bits per heavy atom. The van der Waals surface area contributed by atoms with E-state index in [9.17, 15) is 9.59 Å². The van der Waals surface area contributed by atoms with Crippen LogP contribution in [0.4, 0.5) is 11.4 Å². The molecule has 0 aliphatic carbocycles. The fourth-order valence-electron chi connectivity index (χ4n) is 0.777. The van der Waals surface area contributed by atoms with E-state index in [1.807, 2.05) is 0 Å². The third-order valence-electron chi connectivity index (χ3n) is 1.31. The molecular formula is C8H7N2O2. The molecule has 0 fully saturated rings. The van der Waals surface area contributed by atoms with Gasteiger partial charge >= 0.3 is 6.41 Å². The third kappa shape index (κ3) is 2.09. The first-order valence-corrected chi connectivity index (χ1v) is 3.30. The van der Waals surface area contributed by atoms with Gasteiger partial charge in [0.05, 0.1) is 0 Å². The maximum Gasteiger partial charge on any atom is 0.314 e. The van der Waals surface area contributed by atoms with Gasteiger partial charge in [-0.15, -0.1) is 0 Å². The summed E-state index contributed by atoms with van der Waals surface area (Å²) in [5.74, 6) is 0. The Balaban J connectivity index is 2.70. The van der Waals surface area contributed by atoms with Crippen molar-refractivity contribution in [1.82, 2.24) is 0 Å².